The molecule has 2 nitrogen and oxygen atoms in total. The van der Waals surface area contributed by atoms with Crippen LogP contribution in [0.2, 0.25) is 0 Å². The summed E-state index contributed by atoms with van der Waals surface area (Å²) in [6, 6.07) is 9.12. The van der Waals surface area contributed by atoms with Crippen LogP contribution in [0.15, 0.2) is 52.6 Å². The van der Waals surface area contributed by atoms with Gasteiger partial charge in [0.15, 0.2) is 0 Å². The average molecular weight is 263 g/mol. The molecule has 0 aromatic heterocycles. The van der Waals surface area contributed by atoms with Crippen molar-refractivity contribution in [1.82, 2.24) is 0 Å². The normalized spacial score (nSPS) is 15.3. The fourth-order valence-corrected chi connectivity index (χ4v) is 2.19. The molecule has 1 aromatic carbocycles. The lowest BCUT2D eigenvalue weighted by atomic mass is 9.96. The number of carbonyl (C=O) groups is 1. The molecule has 1 aromatic rings. The highest BCUT2D eigenvalue weighted by Gasteiger charge is 2.19. The molecule has 0 atom stereocenters. The summed E-state index contributed by atoms with van der Waals surface area (Å²) in [5, 5.41) is 0.808. The van der Waals surface area contributed by atoms with E-state index in [1.165, 1.54) is 0 Å². The molecule has 1 aliphatic rings. The molecular formula is C15H15ClO2. The Hall–Kier alpha value is -1.54. The number of esters is 1. The summed E-state index contributed by atoms with van der Waals surface area (Å²) >= 11 is 6.00. The van der Waals surface area contributed by atoms with E-state index in [1.54, 1.807) is 12.1 Å². The van der Waals surface area contributed by atoms with Crippen LogP contribution in [-0.2, 0) is 4.79 Å². The molecule has 0 unspecified atom stereocenters. The highest BCUT2D eigenvalue weighted by Crippen LogP contribution is 2.29. The molecule has 0 N–H and O–H groups in total. The number of hydrogen-bond acceptors (Lipinski definition) is 2. The summed E-state index contributed by atoms with van der Waals surface area (Å²) in [4.78, 5) is 12.1. The molecule has 0 bridgehead atoms. The molecule has 3 heteroatoms. The lowest BCUT2D eigenvalue weighted by Gasteiger charge is -2.15. The van der Waals surface area contributed by atoms with E-state index < -0.39 is 0 Å². The van der Waals surface area contributed by atoms with E-state index in [2.05, 4.69) is 0 Å². The molecule has 18 heavy (non-hydrogen) atoms. The second-order valence-corrected chi connectivity index (χ2v) is 4.64. The standard InChI is InChI=1S/C15H15ClO2/c1-2-11-10-12(16)8-9-14(11)15(17)18-13-6-4-3-5-7-13/h3-7,10H,2,8-9H2,1H3. The Morgan fingerprint density at radius 1 is 1.28 bits per heavy atom. The minimum absolute atomic E-state index is 0.265. The van der Waals surface area contributed by atoms with Crippen molar-refractivity contribution in [2.24, 2.45) is 0 Å². The van der Waals surface area contributed by atoms with E-state index in [0.29, 0.717) is 18.6 Å². The van der Waals surface area contributed by atoms with E-state index in [9.17, 15) is 4.79 Å². The summed E-state index contributed by atoms with van der Waals surface area (Å²) in [5.74, 6) is 0.310. The van der Waals surface area contributed by atoms with Crippen LogP contribution in [0, 0.1) is 0 Å². The number of rotatable bonds is 3. The molecule has 0 fully saturated rings. The summed E-state index contributed by atoms with van der Waals surface area (Å²) in [7, 11) is 0. The Morgan fingerprint density at radius 2 is 2.00 bits per heavy atom. The van der Waals surface area contributed by atoms with Crippen molar-refractivity contribution in [3.05, 3.63) is 52.6 Å². The smallest absolute Gasteiger partial charge is 0.339 e. The maximum atomic E-state index is 12.1. The first-order valence-corrected chi connectivity index (χ1v) is 6.44. The number of halogens is 1. The van der Waals surface area contributed by atoms with Gasteiger partial charge >= 0.3 is 5.97 Å². The van der Waals surface area contributed by atoms with Gasteiger partial charge in [0.25, 0.3) is 0 Å². The van der Waals surface area contributed by atoms with Gasteiger partial charge < -0.3 is 4.74 Å². The first kappa shape index (κ1) is 12.9. The minimum Gasteiger partial charge on any atom is -0.423 e. The molecule has 0 amide bonds. The third kappa shape index (κ3) is 3.02. The number of ether oxygens (including phenoxy) is 1. The maximum Gasteiger partial charge on any atom is 0.339 e. The van der Waals surface area contributed by atoms with Gasteiger partial charge in [0, 0.05) is 10.6 Å². The number of allylic oxidation sites excluding steroid dienone is 3. The van der Waals surface area contributed by atoms with Crippen LogP contribution >= 0.6 is 11.6 Å². The first-order chi connectivity index (χ1) is 8.70. The predicted molar refractivity (Wildman–Crippen MR) is 72.6 cm³/mol. The third-order valence-electron chi connectivity index (χ3n) is 2.91. The number of hydrogen-bond donors (Lipinski definition) is 0. The Kier molecular flexibility index (Phi) is 4.21. The monoisotopic (exact) mass is 262 g/mol. The number of para-hydroxylation sites is 1. The molecule has 0 radical (unpaired) electrons. The Labute approximate surface area is 112 Å². The van der Waals surface area contributed by atoms with Crippen LogP contribution in [0.1, 0.15) is 26.2 Å². The number of benzene rings is 1. The molecule has 94 valence electrons. The van der Waals surface area contributed by atoms with Crippen LogP contribution in [0.4, 0.5) is 0 Å². The van der Waals surface area contributed by atoms with Gasteiger partial charge in [-0.1, -0.05) is 36.7 Å². The van der Waals surface area contributed by atoms with E-state index in [-0.39, 0.29) is 5.97 Å². The fraction of sp³-hybridized carbons (Fsp3) is 0.267. The van der Waals surface area contributed by atoms with Crippen molar-refractivity contribution in [2.45, 2.75) is 26.2 Å². The van der Waals surface area contributed by atoms with Gasteiger partial charge in [0.2, 0.25) is 0 Å². The van der Waals surface area contributed by atoms with Gasteiger partial charge in [0.1, 0.15) is 5.75 Å². The highest BCUT2D eigenvalue weighted by molar-refractivity contribution is 6.30. The number of carbonyl (C=O) groups excluding carboxylic acids is 1. The second kappa shape index (κ2) is 5.87. The Bertz CT molecular complexity index is 500. The van der Waals surface area contributed by atoms with Gasteiger partial charge in [-0.25, -0.2) is 4.79 Å². The van der Waals surface area contributed by atoms with Crippen LogP contribution in [0.25, 0.3) is 0 Å². The van der Waals surface area contributed by atoms with Gasteiger partial charge in [-0.3, -0.25) is 0 Å². The Balaban J connectivity index is 2.18. The van der Waals surface area contributed by atoms with Gasteiger partial charge in [-0.2, -0.15) is 0 Å². The summed E-state index contributed by atoms with van der Waals surface area (Å²) < 4.78 is 5.35. The molecule has 0 spiro atoms. The van der Waals surface area contributed by atoms with Crippen LogP contribution in [-0.4, -0.2) is 5.97 Å². The topological polar surface area (TPSA) is 26.3 Å². The van der Waals surface area contributed by atoms with Crippen molar-refractivity contribution in [2.75, 3.05) is 0 Å². The fourth-order valence-electron chi connectivity index (χ4n) is 1.96. The van der Waals surface area contributed by atoms with E-state index in [4.69, 9.17) is 16.3 Å². The van der Waals surface area contributed by atoms with Crippen molar-refractivity contribution in [3.8, 4) is 5.75 Å². The molecule has 0 aliphatic heterocycles. The van der Waals surface area contributed by atoms with Crippen LogP contribution in [0.3, 0.4) is 0 Å². The van der Waals surface area contributed by atoms with Crippen molar-refractivity contribution < 1.29 is 9.53 Å². The van der Waals surface area contributed by atoms with E-state index in [0.717, 1.165) is 22.6 Å². The molecule has 1 aliphatic carbocycles. The zero-order valence-corrected chi connectivity index (χ0v) is 11.0. The lowest BCUT2D eigenvalue weighted by Crippen LogP contribution is -2.15. The van der Waals surface area contributed by atoms with Crippen molar-refractivity contribution in [3.63, 3.8) is 0 Å². The molecule has 0 heterocycles. The van der Waals surface area contributed by atoms with Crippen molar-refractivity contribution >= 4 is 17.6 Å². The highest BCUT2D eigenvalue weighted by atomic mass is 35.5. The third-order valence-corrected chi connectivity index (χ3v) is 3.21. The first-order valence-electron chi connectivity index (χ1n) is 6.06. The minimum atomic E-state index is -0.265. The zero-order chi connectivity index (χ0) is 13.0. The maximum absolute atomic E-state index is 12.1. The molecule has 0 saturated heterocycles. The Morgan fingerprint density at radius 3 is 2.67 bits per heavy atom. The van der Waals surface area contributed by atoms with E-state index in [1.807, 2.05) is 31.2 Å². The van der Waals surface area contributed by atoms with Gasteiger partial charge in [0.05, 0.1) is 0 Å². The lowest BCUT2D eigenvalue weighted by molar-refractivity contribution is -0.130. The van der Waals surface area contributed by atoms with Gasteiger partial charge in [-0.05, 0) is 43.0 Å². The quantitative estimate of drug-likeness (QED) is 0.602. The predicted octanol–water partition coefficient (Wildman–Crippen LogP) is 4.22. The average Bonchev–Trinajstić information content (AvgIpc) is 2.39. The van der Waals surface area contributed by atoms with Crippen molar-refractivity contribution in [1.29, 1.82) is 0 Å². The summed E-state index contributed by atoms with van der Waals surface area (Å²) in [6.07, 6.45) is 4.04. The molecule has 0 saturated carbocycles. The van der Waals surface area contributed by atoms with Crippen LogP contribution in [0.5, 0.6) is 5.75 Å². The summed E-state index contributed by atoms with van der Waals surface area (Å²) in [6.45, 7) is 2.01. The SMILES string of the molecule is CCC1=C(C(=O)Oc2ccccc2)CCC(Cl)=C1. The largest absolute Gasteiger partial charge is 0.423 e. The second-order valence-electron chi connectivity index (χ2n) is 4.15. The zero-order valence-electron chi connectivity index (χ0n) is 10.3. The van der Waals surface area contributed by atoms with E-state index >= 15 is 0 Å². The van der Waals surface area contributed by atoms with Crippen LogP contribution < -0.4 is 4.74 Å². The van der Waals surface area contributed by atoms with Gasteiger partial charge in [-0.15, -0.1) is 0 Å². The molecule has 2 rings (SSSR count). The summed E-state index contributed by atoms with van der Waals surface area (Å²) in [5.41, 5.74) is 1.72. The molecular weight excluding hydrogens is 248 g/mol.